The molecule has 1 atom stereocenters. The summed E-state index contributed by atoms with van der Waals surface area (Å²) >= 11 is 1.63. The van der Waals surface area contributed by atoms with E-state index in [0.29, 0.717) is 23.4 Å². The molecule has 138 valence electrons. The van der Waals surface area contributed by atoms with Gasteiger partial charge in [-0.05, 0) is 55.2 Å². The van der Waals surface area contributed by atoms with Gasteiger partial charge in [-0.25, -0.2) is 0 Å². The summed E-state index contributed by atoms with van der Waals surface area (Å²) in [5, 5.41) is 5.72. The second-order valence-corrected chi connectivity index (χ2v) is 6.85. The Morgan fingerprint density at radius 1 is 1.15 bits per heavy atom. The van der Waals surface area contributed by atoms with Gasteiger partial charge in [-0.2, -0.15) is 11.8 Å². The predicted molar refractivity (Wildman–Crippen MR) is 107 cm³/mol. The summed E-state index contributed by atoms with van der Waals surface area (Å²) < 4.78 is 5.31. The molecule has 2 aromatic rings. The molecule has 6 heteroatoms. The number of thioether (sulfide) groups is 1. The minimum Gasteiger partial charge on any atom is -0.495 e. The molecule has 2 amide bonds. The van der Waals surface area contributed by atoms with Crippen molar-refractivity contribution >= 4 is 29.3 Å². The first-order valence-electron chi connectivity index (χ1n) is 8.35. The van der Waals surface area contributed by atoms with Gasteiger partial charge in [0.2, 0.25) is 5.91 Å². The molecule has 0 radical (unpaired) electrons. The largest absolute Gasteiger partial charge is 0.495 e. The van der Waals surface area contributed by atoms with E-state index in [-0.39, 0.29) is 11.8 Å². The Kier molecular flexibility index (Phi) is 7.53. The molecule has 26 heavy (non-hydrogen) atoms. The van der Waals surface area contributed by atoms with Crippen molar-refractivity contribution in [1.29, 1.82) is 0 Å². The number of carbonyl (C=O) groups excluding carboxylic acids is 2. The number of nitrogens with one attached hydrogen (secondary N) is 2. The molecule has 2 rings (SSSR count). The van der Waals surface area contributed by atoms with Crippen molar-refractivity contribution in [2.45, 2.75) is 19.4 Å². The van der Waals surface area contributed by atoms with E-state index >= 15 is 0 Å². The van der Waals surface area contributed by atoms with Crippen LogP contribution >= 0.6 is 11.8 Å². The molecular formula is C20H24N2O3S. The van der Waals surface area contributed by atoms with Gasteiger partial charge in [-0.3, -0.25) is 9.59 Å². The van der Waals surface area contributed by atoms with E-state index in [9.17, 15) is 9.59 Å². The second kappa shape index (κ2) is 9.87. The van der Waals surface area contributed by atoms with Crippen LogP contribution in [0.4, 0.5) is 5.69 Å². The molecule has 0 aromatic heterocycles. The van der Waals surface area contributed by atoms with Crippen LogP contribution in [0.25, 0.3) is 0 Å². The van der Waals surface area contributed by atoms with E-state index < -0.39 is 6.04 Å². The van der Waals surface area contributed by atoms with Gasteiger partial charge in [0, 0.05) is 5.56 Å². The van der Waals surface area contributed by atoms with Crippen molar-refractivity contribution in [3.05, 3.63) is 59.7 Å². The summed E-state index contributed by atoms with van der Waals surface area (Å²) in [7, 11) is 1.56. The van der Waals surface area contributed by atoms with Gasteiger partial charge in [0.15, 0.2) is 0 Å². The van der Waals surface area contributed by atoms with Gasteiger partial charge in [0.1, 0.15) is 11.8 Å². The zero-order valence-electron chi connectivity index (χ0n) is 15.2. The van der Waals surface area contributed by atoms with E-state index in [1.807, 2.05) is 37.4 Å². The molecule has 0 saturated heterocycles. The molecule has 0 saturated carbocycles. The minimum atomic E-state index is -0.625. The minimum absolute atomic E-state index is 0.257. The number of hydrogen-bond donors (Lipinski definition) is 2. The number of methoxy groups -OCH3 is 1. The third kappa shape index (κ3) is 5.52. The Hall–Kier alpha value is -2.47. The van der Waals surface area contributed by atoms with Crippen molar-refractivity contribution < 1.29 is 14.3 Å². The van der Waals surface area contributed by atoms with Gasteiger partial charge in [0.25, 0.3) is 5.91 Å². The average Bonchev–Trinajstić information content (AvgIpc) is 2.65. The number of aryl methyl sites for hydroxylation is 1. The normalized spacial score (nSPS) is 11.5. The molecule has 0 unspecified atom stereocenters. The topological polar surface area (TPSA) is 67.4 Å². The van der Waals surface area contributed by atoms with Gasteiger partial charge in [-0.15, -0.1) is 0 Å². The lowest BCUT2D eigenvalue weighted by atomic mass is 10.1. The van der Waals surface area contributed by atoms with Crippen LogP contribution in [0.15, 0.2) is 48.5 Å². The van der Waals surface area contributed by atoms with Crippen LogP contribution in [0.5, 0.6) is 5.75 Å². The van der Waals surface area contributed by atoms with Crippen LogP contribution in [-0.2, 0) is 4.79 Å². The van der Waals surface area contributed by atoms with Crippen molar-refractivity contribution in [3.63, 3.8) is 0 Å². The van der Waals surface area contributed by atoms with E-state index in [1.54, 1.807) is 43.1 Å². The monoisotopic (exact) mass is 372 g/mol. The maximum atomic E-state index is 12.8. The van der Waals surface area contributed by atoms with E-state index in [0.717, 1.165) is 11.3 Å². The molecule has 0 heterocycles. The van der Waals surface area contributed by atoms with Gasteiger partial charge >= 0.3 is 0 Å². The average molecular weight is 372 g/mol. The van der Waals surface area contributed by atoms with Crippen molar-refractivity contribution in [2.75, 3.05) is 24.4 Å². The highest BCUT2D eigenvalue weighted by atomic mass is 32.2. The lowest BCUT2D eigenvalue weighted by Crippen LogP contribution is -2.44. The van der Waals surface area contributed by atoms with Gasteiger partial charge < -0.3 is 15.4 Å². The third-order valence-corrected chi connectivity index (χ3v) is 4.53. The fourth-order valence-corrected chi connectivity index (χ4v) is 2.95. The molecule has 2 N–H and O–H groups in total. The van der Waals surface area contributed by atoms with Crippen molar-refractivity contribution in [1.82, 2.24) is 5.32 Å². The number of amides is 2. The number of benzene rings is 2. The lowest BCUT2D eigenvalue weighted by molar-refractivity contribution is -0.118. The van der Waals surface area contributed by atoms with E-state index in [2.05, 4.69) is 10.6 Å². The van der Waals surface area contributed by atoms with Crippen LogP contribution in [0.2, 0.25) is 0 Å². The van der Waals surface area contributed by atoms with Gasteiger partial charge in [0.05, 0.1) is 12.8 Å². The standard InChI is InChI=1S/C20H24N2O3S/c1-14-9-10-18(25-2)17(13-14)22-20(24)16(11-12-26-3)21-19(23)15-7-5-4-6-8-15/h4-10,13,16H,11-12H2,1-3H3,(H,21,23)(H,22,24)/t16-/m1/s1. The lowest BCUT2D eigenvalue weighted by Gasteiger charge is -2.19. The highest BCUT2D eigenvalue weighted by Gasteiger charge is 2.22. The molecular weight excluding hydrogens is 348 g/mol. The molecule has 0 spiro atoms. The molecule has 0 bridgehead atoms. The highest BCUT2D eigenvalue weighted by molar-refractivity contribution is 7.98. The van der Waals surface area contributed by atoms with E-state index in [1.165, 1.54) is 0 Å². The number of anilines is 1. The third-order valence-electron chi connectivity index (χ3n) is 3.88. The quantitative estimate of drug-likeness (QED) is 0.744. The first kappa shape index (κ1) is 19.8. The summed E-state index contributed by atoms with van der Waals surface area (Å²) in [6.45, 7) is 1.94. The SMILES string of the molecule is COc1ccc(C)cc1NC(=O)[C@@H](CCSC)NC(=O)c1ccccc1. The first-order valence-corrected chi connectivity index (χ1v) is 9.75. The zero-order chi connectivity index (χ0) is 18.9. The van der Waals surface area contributed by atoms with Crippen molar-refractivity contribution in [2.24, 2.45) is 0 Å². The fraction of sp³-hybridized carbons (Fsp3) is 0.300. The smallest absolute Gasteiger partial charge is 0.251 e. The molecule has 5 nitrogen and oxygen atoms in total. The predicted octanol–water partition coefficient (Wildman–Crippen LogP) is 3.49. The van der Waals surface area contributed by atoms with Crippen LogP contribution < -0.4 is 15.4 Å². The Bertz CT molecular complexity index is 750. The number of carbonyl (C=O) groups is 2. The molecule has 0 aliphatic carbocycles. The summed E-state index contributed by atoms with van der Waals surface area (Å²) in [5.41, 5.74) is 2.14. The Morgan fingerprint density at radius 3 is 2.54 bits per heavy atom. The number of ether oxygens (including phenoxy) is 1. The Morgan fingerprint density at radius 2 is 1.88 bits per heavy atom. The van der Waals surface area contributed by atoms with Crippen LogP contribution in [0.3, 0.4) is 0 Å². The molecule has 0 fully saturated rings. The number of rotatable bonds is 8. The highest BCUT2D eigenvalue weighted by Crippen LogP contribution is 2.25. The van der Waals surface area contributed by atoms with Crippen LogP contribution in [0.1, 0.15) is 22.3 Å². The van der Waals surface area contributed by atoms with Crippen LogP contribution in [-0.4, -0.2) is 37.0 Å². The summed E-state index contributed by atoms with van der Waals surface area (Å²) in [5.74, 6) is 0.829. The summed E-state index contributed by atoms with van der Waals surface area (Å²) in [4.78, 5) is 25.2. The van der Waals surface area contributed by atoms with Gasteiger partial charge in [-0.1, -0.05) is 24.3 Å². The molecule has 2 aromatic carbocycles. The molecule has 0 aliphatic rings. The Balaban J connectivity index is 2.14. The second-order valence-electron chi connectivity index (χ2n) is 5.87. The summed E-state index contributed by atoms with van der Waals surface area (Å²) in [6.07, 6.45) is 2.51. The molecule has 0 aliphatic heterocycles. The Labute approximate surface area is 158 Å². The fourth-order valence-electron chi connectivity index (χ4n) is 2.47. The first-order chi connectivity index (χ1) is 12.5. The summed E-state index contributed by atoms with van der Waals surface area (Å²) in [6, 6.07) is 13.8. The van der Waals surface area contributed by atoms with E-state index in [4.69, 9.17) is 4.74 Å². The maximum Gasteiger partial charge on any atom is 0.251 e. The zero-order valence-corrected chi connectivity index (χ0v) is 16.1. The maximum absolute atomic E-state index is 12.8. The van der Waals surface area contributed by atoms with Crippen molar-refractivity contribution in [3.8, 4) is 5.75 Å². The number of hydrogen-bond acceptors (Lipinski definition) is 4. The van der Waals surface area contributed by atoms with Crippen LogP contribution in [0, 0.1) is 6.92 Å².